The van der Waals surface area contributed by atoms with Gasteiger partial charge in [-0.2, -0.15) is 0 Å². The number of rotatable bonds is 6. The maximum absolute atomic E-state index is 11.6. The summed E-state index contributed by atoms with van der Waals surface area (Å²) in [7, 11) is -0.511. The molecule has 0 unspecified atom stereocenters. The molecule has 3 aromatic rings. The Bertz CT molecular complexity index is 768. The third-order valence-electron chi connectivity index (χ3n) is 4.43. The van der Waals surface area contributed by atoms with Gasteiger partial charge in [-0.3, -0.25) is 0 Å². The third kappa shape index (κ3) is 4.74. The van der Waals surface area contributed by atoms with E-state index < -0.39 is 7.26 Å². The molecule has 0 spiro atoms. The highest BCUT2D eigenvalue weighted by Crippen LogP contribution is 2.55. The smallest absolute Gasteiger partial charge is 0.330 e. The van der Waals surface area contributed by atoms with Crippen LogP contribution in [-0.4, -0.2) is 19.2 Å². The van der Waals surface area contributed by atoms with Crippen LogP contribution in [0.1, 0.15) is 0 Å². The highest BCUT2D eigenvalue weighted by atomic mass is 79.9. The lowest BCUT2D eigenvalue weighted by Crippen LogP contribution is -2.32. The van der Waals surface area contributed by atoms with Crippen molar-refractivity contribution in [2.45, 2.75) is 0 Å². The molecule has 3 aromatic carbocycles. The Hall–Kier alpha value is -2.22. The van der Waals surface area contributed by atoms with Crippen molar-refractivity contribution in [3.05, 3.63) is 103 Å². The minimum Gasteiger partial charge on any atom is -0.466 e. The molecule has 0 atom stereocenters. The Balaban J connectivity index is 0.00000261. The van der Waals surface area contributed by atoms with Gasteiger partial charge in [-0.25, -0.2) is 4.79 Å². The lowest BCUT2D eigenvalue weighted by molar-refractivity contribution is -0.134. The van der Waals surface area contributed by atoms with Crippen LogP contribution >= 0.6 is 24.2 Å². The van der Waals surface area contributed by atoms with Crippen LogP contribution in [0, 0.1) is 0 Å². The van der Waals surface area contributed by atoms with Crippen molar-refractivity contribution in [2.24, 2.45) is 0 Å². The number of hydrogen-bond acceptors (Lipinski definition) is 2. The van der Waals surface area contributed by atoms with Crippen molar-refractivity contribution in [2.75, 3.05) is 13.3 Å². The van der Waals surface area contributed by atoms with Crippen molar-refractivity contribution in [3.63, 3.8) is 0 Å². The number of halogens is 1. The predicted molar refractivity (Wildman–Crippen MR) is 121 cm³/mol. The Morgan fingerprint density at radius 3 is 1.48 bits per heavy atom. The molecule has 0 aliphatic heterocycles. The Morgan fingerprint density at radius 2 is 1.15 bits per heavy atom. The summed E-state index contributed by atoms with van der Waals surface area (Å²) in [5, 5.41) is 3.89. The maximum Gasteiger partial charge on any atom is 0.330 e. The zero-order valence-corrected chi connectivity index (χ0v) is 17.8. The number of carbonyl (C=O) groups excluding carboxylic acids is 1. The van der Waals surface area contributed by atoms with Gasteiger partial charge in [0.05, 0.1) is 13.3 Å². The molecule has 0 fully saturated rings. The fourth-order valence-electron chi connectivity index (χ4n) is 3.19. The quantitative estimate of drug-likeness (QED) is 0.324. The number of methoxy groups -OCH3 is 1. The summed E-state index contributed by atoms with van der Waals surface area (Å²) in [6.07, 6.45) is 4.25. The molecule has 0 aliphatic rings. The lowest BCUT2D eigenvalue weighted by atomic mass is 10.4. The van der Waals surface area contributed by atoms with E-state index in [1.165, 1.54) is 29.1 Å². The summed E-state index contributed by atoms with van der Waals surface area (Å²) < 4.78 is 4.77. The number of esters is 1. The normalized spacial score (nSPS) is 11.0. The van der Waals surface area contributed by atoms with Gasteiger partial charge in [0.2, 0.25) is 0 Å². The van der Waals surface area contributed by atoms with Crippen LogP contribution in [0.4, 0.5) is 0 Å². The minimum absolute atomic E-state index is 0. The Labute approximate surface area is 172 Å². The summed E-state index contributed by atoms with van der Waals surface area (Å²) in [6, 6.07) is 31.8. The molecule has 3 rings (SSSR count). The Morgan fingerprint density at radius 1 is 0.778 bits per heavy atom. The molecule has 4 heteroatoms. The van der Waals surface area contributed by atoms with Gasteiger partial charge in [0.15, 0.2) is 0 Å². The standard InChI is InChI=1S/C23H22O2P.BrH/c1-25-23(24)18-11-19-26(20-12-5-2-6-13-20,21-14-7-3-8-15-21)22-16-9-4-10-17-22;/h2-18H,19H2,1H3;1H/q+1;/b18-11+;. The first-order valence-electron chi connectivity index (χ1n) is 8.57. The van der Waals surface area contributed by atoms with E-state index in [4.69, 9.17) is 4.74 Å². The molecule has 0 saturated carbocycles. The second kappa shape index (κ2) is 10.2. The molecule has 0 aliphatic carbocycles. The summed E-state index contributed by atoms with van der Waals surface area (Å²) >= 11 is 0. The lowest BCUT2D eigenvalue weighted by Gasteiger charge is -2.26. The van der Waals surface area contributed by atoms with Crippen molar-refractivity contribution in [1.82, 2.24) is 0 Å². The fourth-order valence-corrected chi connectivity index (χ4v) is 7.18. The molecule has 0 radical (unpaired) electrons. The molecular formula is C23H23BrO2P+. The minimum atomic E-state index is -1.91. The fraction of sp³-hybridized carbons (Fsp3) is 0.0870. The van der Waals surface area contributed by atoms with Gasteiger partial charge in [0, 0.05) is 6.08 Å². The zero-order valence-electron chi connectivity index (χ0n) is 15.2. The van der Waals surface area contributed by atoms with Crippen molar-refractivity contribution in [3.8, 4) is 0 Å². The summed E-state index contributed by atoms with van der Waals surface area (Å²) in [6.45, 7) is 0. The van der Waals surface area contributed by atoms with Gasteiger partial charge in [0.25, 0.3) is 0 Å². The molecule has 0 heterocycles. The topological polar surface area (TPSA) is 26.3 Å². The van der Waals surface area contributed by atoms with Gasteiger partial charge in [-0.1, -0.05) is 54.6 Å². The van der Waals surface area contributed by atoms with E-state index in [1.807, 2.05) is 24.3 Å². The molecular weight excluding hydrogens is 419 g/mol. The number of benzene rings is 3. The second-order valence-electron chi connectivity index (χ2n) is 5.92. The maximum atomic E-state index is 11.6. The monoisotopic (exact) mass is 441 g/mol. The molecule has 27 heavy (non-hydrogen) atoms. The first-order chi connectivity index (χ1) is 12.8. The highest BCUT2D eigenvalue weighted by molar-refractivity contribution is 8.93. The van der Waals surface area contributed by atoms with Crippen LogP contribution in [0.3, 0.4) is 0 Å². The van der Waals surface area contributed by atoms with Crippen LogP contribution < -0.4 is 15.9 Å². The number of allylic oxidation sites excluding steroid dienone is 1. The third-order valence-corrected chi connectivity index (χ3v) is 8.72. The Kier molecular flexibility index (Phi) is 7.97. The highest BCUT2D eigenvalue weighted by Gasteiger charge is 2.44. The molecule has 138 valence electrons. The molecule has 0 N–H and O–H groups in total. The molecule has 0 aromatic heterocycles. The predicted octanol–water partition coefficient (Wildman–Crippen LogP) is 4.29. The second-order valence-corrected chi connectivity index (χ2v) is 9.46. The number of ether oxygens (including phenoxy) is 1. The van der Waals surface area contributed by atoms with E-state index in [1.54, 1.807) is 0 Å². The molecule has 0 amide bonds. The van der Waals surface area contributed by atoms with E-state index in [2.05, 4.69) is 72.8 Å². The van der Waals surface area contributed by atoms with Crippen LogP contribution in [0.25, 0.3) is 0 Å². The van der Waals surface area contributed by atoms with Crippen molar-refractivity contribution < 1.29 is 9.53 Å². The van der Waals surface area contributed by atoms with Crippen molar-refractivity contribution >= 4 is 46.1 Å². The first kappa shape index (κ1) is 21.1. The molecule has 0 bridgehead atoms. The van der Waals surface area contributed by atoms with E-state index in [0.29, 0.717) is 0 Å². The van der Waals surface area contributed by atoms with Gasteiger partial charge >= 0.3 is 5.97 Å². The van der Waals surface area contributed by atoms with Crippen LogP contribution in [0.15, 0.2) is 103 Å². The zero-order chi connectivity index (χ0) is 18.2. The van der Waals surface area contributed by atoms with E-state index in [9.17, 15) is 4.79 Å². The van der Waals surface area contributed by atoms with Gasteiger partial charge in [-0.15, -0.1) is 17.0 Å². The number of carbonyl (C=O) groups is 1. The summed E-state index contributed by atoms with van der Waals surface area (Å²) in [4.78, 5) is 11.6. The molecule has 0 saturated heterocycles. The van der Waals surface area contributed by atoms with Crippen LogP contribution in [0.2, 0.25) is 0 Å². The molecule has 2 nitrogen and oxygen atoms in total. The van der Waals surface area contributed by atoms with E-state index in [0.717, 1.165) is 6.16 Å². The average molecular weight is 442 g/mol. The van der Waals surface area contributed by atoms with Gasteiger partial charge < -0.3 is 4.74 Å². The largest absolute Gasteiger partial charge is 0.466 e. The van der Waals surface area contributed by atoms with Crippen molar-refractivity contribution in [1.29, 1.82) is 0 Å². The van der Waals surface area contributed by atoms with E-state index in [-0.39, 0.29) is 23.0 Å². The van der Waals surface area contributed by atoms with Gasteiger partial charge in [0.1, 0.15) is 23.2 Å². The summed E-state index contributed by atoms with van der Waals surface area (Å²) in [5.74, 6) is -0.322. The average Bonchev–Trinajstić information content (AvgIpc) is 2.73. The first-order valence-corrected chi connectivity index (χ1v) is 10.5. The van der Waals surface area contributed by atoms with Crippen LogP contribution in [0.5, 0.6) is 0 Å². The van der Waals surface area contributed by atoms with E-state index >= 15 is 0 Å². The SMILES string of the molecule is Br.COC(=O)/C=C/C[P+](c1ccccc1)(c1ccccc1)c1ccccc1. The van der Waals surface area contributed by atoms with Crippen LogP contribution in [-0.2, 0) is 9.53 Å². The number of hydrogen-bond donors (Lipinski definition) is 0. The van der Waals surface area contributed by atoms with Gasteiger partial charge in [-0.05, 0) is 42.5 Å². The summed E-state index contributed by atoms with van der Waals surface area (Å²) in [5.41, 5.74) is 0.